The molecule has 5 heteroatoms. The maximum Gasteiger partial charge on any atom is 0.416 e. The second-order valence-corrected chi connectivity index (χ2v) is 8.34. The van der Waals surface area contributed by atoms with Crippen LogP contribution in [0.15, 0.2) is 84.9 Å². The van der Waals surface area contributed by atoms with Gasteiger partial charge in [0.05, 0.1) is 12.7 Å². The molecule has 0 fully saturated rings. The summed E-state index contributed by atoms with van der Waals surface area (Å²) >= 11 is 0. The van der Waals surface area contributed by atoms with E-state index in [4.69, 9.17) is 4.74 Å². The highest BCUT2D eigenvalue weighted by Crippen LogP contribution is 2.50. The zero-order chi connectivity index (χ0) is 23.2. The molecular formula is C28H21F3O2. The van der Waals surface area contributed by atoms with E-state index in [-0.39, 0.29) is 5.97 Å². The van der Waals surface area contributed by atoms with Gasteiger partial charge in [0, 0.05) is 0 Å². The monoisotopic (exact) mass is 446 g/mol. The topological polar surface area (TPSA) is 26.3 Å². The Bertz CT molecular complexity index is 1340. The van der Waals surface area contributed by atoms with Gasteiger partial charge < -0.3 is 4.74 Å². The average molecular weight is 446 g/mol. The highest BCUT2D eigenvalue weighted by molar-refractivity contribution is 6.02. The van der Waals surface area contributed by atoms with Crippen molar-refractivity contribution >= 4 is 16.7 Å². The van der Waals surface area contributed by atoms with Crippen LogP contribution in [-0.4, -0.2) is 13.1 Å². The Morgan fingerprint density at radius 2 is 1.58 bits per heavy atom. The predicted octanol–water partition coefficient (Wildman–Crippen LogP) is 6.93. The summed E-state index contributed by atoms with van der Waals surface area (Å²) in [6, 6.07) is 24.6. The van der Waals surface area contributed by atoms with E-state index in [1.807, 2.05) is 60.7 Å². The van der Waals surface area contributed by atoms with Gasteiger partial charge in [0.1, 0.15) is 5.41 Å². The van der Waals surface area contributed by atoms with E-state index < -0.39 is 17.2 Å². The lowest BCUT2D eigenvalue weighted by molar-refractivity contribution is -0.145. The van der Waals surface area contributed by atoms with Gasteiger partial charge in [-0.05, 0) is 69.6 Å². The maximum absolute atomic E-state index is 13.3. The van der Waals surface area contributed by atoms with Crippen LogP contribution in [0.4, 0.5) is 13.2 Å². The summed E-state index contributed by atoms with van der Waals surface area (Å²) in [6.07, 6.45) is -3.25. The molecule has 0 saturated carbocycles. The van der Waals surface area contributed by atoms with Gasteiger partial charge in [-0.2, -0.15) is 13.2 Å². The lowest BCUT2D eigenvalue weighted by atomic mass is 9.74. The fraction of sp³-hybridized carbons (Fsp3) is 0.179. The SMILES string of the molecule is COC(=O)C1(c2ccccc2)CCc2c1cc1ccccc1c2-c1ccc(C(F)(F)F)cc1. The van der Waals surface area contributed by atoms with Crippen LogP contribution in [0, 0.1) is 0 Å². The molecule has 2 nitrogen and oxygen atoms in total. The molecule has 1 aliphatic rings. The van der Waals surface area contributed by atoms with E-state index in [9.17, 15) is 18.0 Å². The molecule has 0 aliphatic heterocycles. The van der Waals surface area contributed by atoms with Crippen LogP contribution in [0.1, 0.15) is 28.7 Å². The number of ether oxygens (including phenoxy) is 1. The van der Waals surface area contributed by atoms with Gasteiger partial charge in [0.2, 0.25) is 0 Å². The predicted molar refractivity (Wildman–Crippen MR) is 122 cm³/mol. The smallest absolute Gasteiger partial charge is 0.416 e. The zero-order valence-corrected chi connectivity index (χ0v) is 17.9. The highest BCUT2D eigenvalue weighted by atomic mass is 19.4. The van der Waals surface area contributed by atoms with Crippen LogP contribution < -0.4 is 0 Å². The number of rotatable bonds is 3. The van der Waals surface area contributed by atoms with Crippen molar-refractivity contribution in [1.29, 1.82) is 0 Å². The summed E-state index contributed by atoms with van der Waals surface area (Å²) in [6.45, 7) is 0. The summed E-state index contributed by atoms with van der Waals surface area (Å²) < 4.78 is 44.8. The first kappa shape index (κ1) is 21.3. The molecule has 166 valence electrons. The minimum atomic E-state index is -4.40. The molecule has 0 saturated heterocycles. The quantitative estimate of drug-likeness (QED) is 0.319. The van der Waals surface area contributed by atoms with Gasteiger partial charge in [-0.15, -0.1) is 0 Å². The third-order valence-corrected chi connectivity index (χ3v) is 6.67. The molecule has 4 aromatic carbocycles. The second kappa shape index (κ2) is 7.77. The van der Waals surface area contributed by atoms with Crippen molar-refractivity contribution in [2.45, 2.75) is 24.4 Å². The van der Waals surface area contributed by atoms with Crippen molar-refractivity contribution in [2.75, 3.05) is 7.11 Å². The van der Waals surface area contributed by atoms with Gasteiger partial charge in [-0.1, -0.05) is 66.7 Å². The van der Waals surface area contributed by atoms with Crippen LogP contribution in [0.5, 0.6) is 0 Å². The van der Waals surface area contributed by atoms with Crippen molar-refractivity contribution < 1.29 is 22.7 Å². The number of halogens is 3. The molecule has 0 radical (unpaired) electrons. The molecular weight excluding hydrogens is 425 g/mol. The number of hydrogen-bond donors (Lipinski definition) is 0. The Balaban J connectivity index is 1.81. The summed E-state index contributed by atoms with van der Waals surface area (Å²) in [4.78, 5) is 13.3. The number of esters is 1. The average Bonchev–Trinajstić information content (AvgIpc) is 3.22. The first-order valence-electron chi connectivity index (χ1n) is 10.7. The molecule has 1 aliphatic carbocycles. The largest absolute Gasteiger partial charge is 0.468 e. The Morgan fingerprint density at radius 1 is 0.909 bits per heavy atom. The van der Waals surface area contributed by atoms with Crippen LogP contribution >= 0.6 is 0 Å². The molecule has 4 aromatic rings. The number of methoxy groups -OCH3 is 1. The summed E-state index contributed by atoms with van der Waals surface area (Å²) in [7, 11) is 1.39. The van der Waals surface area contributed by atoms with E-state index in [1.165, 1.54) is 19.2 Å². The molecule has 0 heterocycles. The van der Waals surface area contributed by atoms with Gasteiger partial charge in [-0.3, -0.25) is 4.79 Å². The first-order valence-corrected chi connectivity index (χ1v) is 10.7. The molecule has 5 rings (SSSR count). The number of carbonyl (C=O) groups excluding carboxylic acids is 1. The summed E-state index contributed by atoms with van der Waals surface area (Å²) in [5.74, 6) is -0.332. The Labute approximate surface area is 189 Å². The molecule has 0 bridgehead atoms. The lowest BCUT2D eigenvalue weighted by Gasteiger charge is -2.29. The van der Waals surface area contributed by atoms with Gasteiger partial charge in [0.25, 0.3) is 0 Å². The normalized spacial score (nSPS) is 17.7. The van der Waals surface area contributed by atoms with Gasteiger partial charge in [-0.25, -0.2) is 0 Å². The molecule has 33 heavy (non-hydrogen) atoms. The number of benzene rings is 4. The van der Waals surface area contributed by atoms with Gasteiger partial charge in [0.15, 0.2) is 0 Å². The molecule has 0 amide bonds. The Morgan fingerprint density at radius 3 is 2.24 bits per heavy atom. The molecule has 0 N–H and O–H groups in total. The number of hydrogen-bond acceptors (Lipinski definition) is 2. The number of carbonyl (C=O) groups is 1. The van der Waals surface area contributed by atoms with Crippen LogP contribution in [0.25, 0.3) is 21.9 Å². The van der Waals surface area contributed by atoms with E-state index in [0.717, 1.165) is 45.2 Å². The van der Waals surface area contributed by atoms with Crippen molar-refractivity contribution in [3.05, 3.63) is 107 Å². The standard InChI is InChI=1S/C28H21F3O2/c1-33-26(32)27(20-8-3-2-4-9-20)16-15-23-24(27)17-19-7-5-6-10-22(19)25(23)18-11-13-21(14-12-18)28(29,30)31/h2-14,17H,15-16H2,1H3. The minimum absolute atomic E-state index is 0.332. The Hall–Kier alpha value is -3.60. The van der Waals surface area contributed by atoms with Crippen LogP contribution in [-0.2, 0) is 27.5 Å². The maximum atomic E-state index is 13.3. The van der Waals surface area contributed by atoms with E-state index >= 15 is 0 Å². The van der Waals surface area contributed by atoms with Crippen LogP contribution in [0.2, 0.25) is 0 Å². The van der Waals surface area contributed by atoms with E-state index in [0.29, 0.717) is 18.4 Å². The second-order valence-electron chi connectivity index (χ2n) is 8.34. The van der Waals surface area contributed by atoms with Crippen molar-refractivity contribution in [3.63, 3.8) is 0 Å². The summed E-state index contributed by atoms with van der Waals surface area (Å²) in [5.41, 5.74) is 2.61. The lowest BCUT2D eigenvalue weighted by Crippen LogP contribution is -2.36. The fourth-order valence-electron chi connectivity index (χ4n) is 5.16. The number of alkyl halides is 3. The molecule has 1 atom stereocenters. The zero-order valence-electron chi connectivity index (χ0n) is 17.9. The fourth-order valence-corrected chi connectivity index (χ4v) is 5.16. The Kier molecular flexibility index (Phi) is 5.00. The van der Waals surface area contributed by atoms with Crippen LogP contribution in [0.3, 0.4) is 0 Å². The number of fused-ring (bicyclic) bond motifs is 2. The summed E-state index contributed by atoms with van der Waals surface area (Å²) in [5, 5.41) is 1.88. The van der Waals surface area contributed by atoms with Crippen molar-refractivity contribution in [3.8, 4) is 11.1 Å². The van der Waals surface area contributed by atoms with Gasteiger partial charge >= 0.3 is 12.1 Å². The minimum Gasteiger partial charge on any atom is -0.468 e. The van der Waals surface area contributed by atoms with E-state index in [2.05, 4.69) is 0 Å². The molecule has 0 spiro atoms. The molecule has 1 unspecified atom stereocenters. The van der Waals surface area contributed by atoms with E-state index in [1.54, 1.807) is 0 Å². The third kappa shape index (κ3) is 3.30. The highest BCUT2D eigenvalue weighted by Gasteiger charge is 2.49. The molecule has 0 aromatic heterocycles. The first-order chi connectivity index (χ1) is 15.9. The van der Waals surface area contributed by atoms with Crippen molar-refractivity contribution in [1.82, 2.24) is 0 Å². The third-order valence-electron chi connectivity index (χ3n) is 6.67. The van der Waals surface area contributed by atoms with Crippen molar-refractivity contribution in [2.24, 2.45) is 0 Å².